The predicted octanol–water partition coefficient (Wildman–Crippen LogP) is 6.06. The molecule has 0 amide bonds. The molecule has 38 heavy (non-hydrogen) atoms. The number of carbonyl (C=O) groups excluding carboxylic acids is 1. The Labute approximate surface area is 227 Å². The number of β-amino-alcohol motifs (C(OH)–C–C–N with tert-alkyl or cyclic N) is 1. The van der Waals surface area contributed by atoms with Gasteiger partial charge < -0.3 is 19.9 Å². The highest BCUT2D eigenvalue weighted by molar-refractivity contribution is 5.91. The van der Waals surface area contributed by atoms with Crippen LogP contribution in [0.25, 0.3) is 11.1 Å². The minimum atomic E-state index is -0.605. The van der Waals surface area contributed by atoms with Gasteiger partial charge in [0, 0.05) is 12.1 Å². The van der Waals surface area contributed by atoms with Gasteiger partial charge in [0.15, 0.2) is 0 Å². The van der Waals surface area contributed by atoms with Crippen LogP contribution in [0.1, 0.15) is 65.9 Å². The van der Waals surface area contributed by atoms with E-state index in [1.54, 1.807) is 6.07 Å². The van der Waals surface area contributed by atoms with Gasteiger partial charge in [0.25, 0.3) is 0 Å². The molecule has 0 fully saturated rings. The van der Waals surface area contributed by atoms with Gasteiger partial charge in [-0.25, -0.2) is 4.79 Å². The summed E-state index contributed by atoms with van der Waals surface area (Å²) < 4.78 is 11.0. The molecule has 5 heteroatoms. The number of aryl methyl sites for hydroxylation is 1. The van der Waals surface area contributed by atoms with Gasteiger partial charge in [0.1, 0.15) is 0 Å². The van der Waals surface area contributed by atoms with E-state index in [1.807, 2.05) is 38.1 Å². The third-order valence-corrected chi connectivity index (χ3v) is 7.63. The molecule has 0 saturated carbocycles. The lowest BCUT2D eigenvalue weighted by Gasteiger charge is -2.31. The third-order valence-electron chi connectivity index (χ3n) is 7.63. The number of aliphatic hydroxyl groups is 1. The van der Waals surface area contributed by atoms with Crippen molar-refractivity contribution in [2.24, 2.45) is 5.92 Å². The number of nitrogens with one attached hydrogen (secondary N) is 1. The van der Waals surface area contributed by atoms with Gasteiger partial charge >= 0.3 is 5.97 Å². The van der Waals surface area contributed by atoms with E-state index in [4.69, 9.17) is 9.47 Å². The highest BCUT2D eigenvalue weighted by Gasteiger charge is 2.28. The number of aliphatic hydroxyl groups excluding tert-OH is 1. The molecule has 1 aliphatic carbocycles. The summed E-state index contributed by atoms with van der Waals surface area (Å²) in [5, 5.41) is 14.3. The van der Waals surface area contributed by atoms with E-state index in [2.05, 4.69) is 55.6 Å². The van der Waals surface area contributed by atoms with Crippen LogP contribution in [0.4, 0.5) is 0 Å². The van der Waals surface area contributed by atoms with Gasteiger partial charge in [-0.1, -0.05) is 60.7 Å². The van der Waals surface area contributed by atoms with Crippen LogP contribution < -0.4 is 5.32 Å². The first-order valence-electron chi connectivity index (χ1n) is 13.6. The normalized spacial score (nSPS) is 15.2. The van der Waals surface area contributed by atoms with E-state index in [0.717, 1.165) is 41.5 Å². The summed E-state index contributed by atoms with van der Waals surface area (Å²) >= 11 is 0. The molecule has 5 nitrogen and oxygen atoms in total. The summed E-state index contributed by atoms with van der Waals surface area (Å²) in [6.45, 7) is 9.08. The molecule has 0 heterocycles. The van der Waals surface area contributed by atoms with Gasteiger partial charge in [-0.3, -0.25) is 0 Å². The van der Waals surface area contributed by atoms with Gasteiger partial charge in [0.2, 0.25) is 0 Å². The standard InChI is InChI=1S/C33H41NO4/c1-22-16-27(14-15-29(22)32(36)37-5)31-13-9-8-12-30(31)23(2)38-21-28(35)20-34-33(3,4)19-24-17-25-10-6-7-11-26(25)18-24/h6-16,23-24,28,34-35H,17-21H2,1-5H3. The Hall–Kier alpha value is -2.99. The lowest BCUT2D eigenvalue weighted by molar-refractivity contribution is -0.00440. The van der Waals surface area contributed by atoms with E-state index < -0.39 is 6.10 Å². The Kier molecular flexibility index (Phi) is 9.03. The fourth-order valence-corrected chi connectivity index (χ4v) is 5.67. The number of hydrogen-bond acceptors (Lipinski definition) is 5. The molecule has 202 valence electrons. The molecular weight excluding hydrogens is 474 g/mol. The van der Waals surface area contributed by atoms with Crippen LogP contribution >= 0.6 is 0 Å². The lowest BCUT2D eigenvalue weighted by Crippen LogP contribution is -2.45. The molecule has 3 aromatic rings. The third kappa shape index (κ3) is 6.90. The number of benzene rings is 3. The zero-order chi connectivity index (χ0) is 27.3. The molecule has 0 bridgehead atoms. The van der Waals surface area contributed by atoms with Crippen molar-refractivity contribution in [1.29, 1.82) is 0 Å². The highest BCUT2D eigenvalue weighted by atomic mass is 16.5. The van der Waals surface area contributed by atoms with Gasteiger partial charge in [-0.2, -0.15) is 0 Å². The Bertz CT molecular complexity index is 1230. The second-order valence-electron chi connectivity index (χ2n) is 11.2. The number of methoxy groups -OCH3 is 1. The second-order valence-corrected chi connectivity index (χ2v) is 11.2. The second kappa shape index (κ2) is 12.2. The van der Waals surface area contributed by atoms with Gasteiger partial charge in [0.05, 0.1) is 31.5 Å². The molecule has 0 aliphatic heterocycles. The van der Waals surface area contributed by atoms with E-state index in [9.17, 15) is 9.90 Å². The van der Waals surface area contributed by atoms with Crippen molar-refractivity contribution < 1.29 is 19.4 Å². The fourth-order valence-electron chi connectivity index (χ4n) is 5.67. The smallest absolute Gasteiger partial charge is 0.338 e. The topological polar surface area (TPSA) is 67.8 Å². The molecular formula is C33H41NO4. The highest BCUT2D eigenvalue weighted by Crippen LogP contribution is 2.33. The van der Waals surface area contributed by atoms with Crippen molar-refractivity contribution in [2.75, 3.05) is 20.3 Å². The van der Waals surface area contributed by atoms with E-state index in [0.29, 0.717) is 18.0 Å². The van der Waals surface area contributed by atoms with E-state index in [-0.39, 0.29) is 24.2 Å². The minimum Gasteiger partial charge on any atom is -0.465 e. The summed E-state index contributed by atoms with van der Waals surface area (Å²) in [6.07, 6.45) is 2.52. The number of carbonyl (C=O) groups is 1. The minimum absolute atomic E-state index is 0.0693. The van der Waals surface area contributed by atoms with Crippen LogP contribution in [0.15, 0.2) is 66.7 Å². The van der Waals surface area contributed by atoms with Crippen LogP contribution in [0, 0.1) is 12.8 Å². The number of hydrogen-bond donors (Lipinski definition) is 2. The van der Waals surface area contributed by atoms with Crippen molar-refractivity contribution in [1.82, 2.24) is 5.32 Å². The average Bonchev–Trinajstić information content (AvgIpc) is 3.31. The molecule has 2 unspecified atom stereocenters. The molecule has 0 radical (unpaired) electrons. The quantitative estimate of drug-likeness (QED) is 0.304. The average molecular weight is 516 g/mol. The maximum absolute atomic E-state index is 12.0. The maximum atomic E-state index is 12.0. The summed E-state index contributed by atoms with van der Waals surface area (Å²) in [5.74, 6) is 0.295. The number of ether oxygens (including phenoxy) is 2. The first-order valence-corrected chi connectivity index (χ1v) is 13.6. The SMILES string of the molecule is COC(=O)c1ccc(-c2ccccc2C(C)OCC(O)CNC(C)(C)CC2Cc3ccccc3C2)cc1C. The molecule has 0 saturated heterocycles. The number of fused-ring (bicyclic) bond motifs is 1. The van der Waals surface area contributed by atoms with Gasteiger partial charge in [-0.05, 0) is 92.3 Å². The number of rotatable bonds is 11. The molecule has 1 aliphatic rings. The number of esters is 1. The van der Waals surface area contributed by atoms with Crippen LogP contribution in [0.5, 0.6) is 0 Å². The van der Waals surface area contributed by atoms with E-state index >= 15 is 0 Å². The van der Waals surface area contributed by atoms with Crippen molar-refractivity contribution >= 4 is 5.97 Å². The molecule has 2 atom stereocenters. The summed E-state index contributed by atoms with van der Waals surface area (Å²) in [5.41, 5.74) is 7.41. The van der Waals surface area contributed by atoms with Crippen LogP contribution in [-0.2, 0) is 22.3 Å². The Morgan fingerprint density at radius 1 is 1.05 bits per heavy atom. The largest absolute Gasteiger partial charge is 0.465 e. The van der Waals surface area contributed by atoms with Crippen molar-refractivity contribution in [3.8, 4) is 11.1 Å². The van der Waals surface area contributed by atoms with Gasteiger partial charge in [-0.15, -0.1) is 0 Å². The van der Waals surface area contributed by atoms with Crippen molar-refractivity contribution in [3.05, 3.63) is 94.5 Å². The van der Waals surface area contributed by atoms with Crippen LogP contribution in [-0.4, -0.2) is 43.0 Å². The summed E-state index contributed by atoms with van der Waals surface area (Å²) in [7, 11) is 1.39. The Morgan fingerprint density at radius 2 is 1.71 bits per heavy atom. The van der Waals surface area contributed by atoms with E-state index in [1.165, 1.54) is 18.2 Å². The first kappa shape index (κ1) is 28.0. The Balaban J connectivity index is 1.31. The first-order chi connectivity index (χ1) is 18.2. The molecule has 2 N–H and O–H groups in total. The molecule has 3 aromatic carbocycles. The zero-order valence-electron chi connectivity index (χ0n) is 23.3. The molecule has 4 rings (SSSR count). The molecule has 0 aromatic heterocycles. The maximum Gasteiger partial charge on any atom is 0.338 e. The Morgan fingerprint density at radius 3 is 2.37 bits per heavy atom. The monoisotopic (exact) mass is 515 g/mol. The molecule has 0 spiro atoms. The summed E-state index contributed by atoms with van der Waals surface area (Å²) in [6, 6.07) is 22.6. The zero-order valence-corrected chi connectivity index (χ0v) is 23.3. The fraction of sp³-hybridized carbons (Fsp3) is 0.424. The summed E-state index contributed by atoms with van der Waals surface area (Å²) in [4.78, 5) is 12.0. The lowest BCUT2D eigenvalue weighted by atomic mass is 9.88. The predicted molar refractivity (Wildman–Crippen MR) is 152 cm³/mol. The van der Waals surface area contributed by atoms with Crippen molar-refractivity contribution in [3.63, 3.8) is 0 Å². The van der Waals surface area contributed by atoms with Crippen LogP contribution in [0.3, 0.4) is 0 Å². The van der Waals surface area contributed by atoms with Crippen LogP contribution in [0.2, 0.25) is 0 Å². The van der Waals surface area contributed by atoms with Crippen molar-refractivity contribution in [2.45, 2.75) is 64.7 Å².